The van der Waals surface area contributed by atoms with Crippen molar-refractivity contribution in [3.8, 4) is 22.4 Å². The summed E-state index contributed by atoms with van der Waals surface area (Å²) < 4.78 is 29.3. The van der Waals surface area contributed by atoms with E-state index in [1.165, 1.54) is 27.4 Å². The molecule has 0 spiro atoms. The highest BCUT2D eigenvalue weighted by Gasteiger charge is 2.29. The van der Waals surface area contributed by atoms with E-state index in [0.29, 0.717) is 21.2 Å². The van der Waals surface area contributed by atoms with Gasteiger partial charge < -0.3 is 0 Å². The molecule has 2 aromatic heterocycles. The Balaban J connectivity index is 1.97. The molecule has 0 aliphatic carbocycles. The van der Waals surface area contributed by atoms with Crippen LogP contribution in [0, 0.1) is 6.57 Å². The lowest BCUT2D eigenvalue weighted by Crippen LogP contribution is -2.14. The molecule has 0 unspecified atom stereocenters. The molecular weight excluding hydrogens is 460 g/mol. The highest BCUT2D eigenvalue weighted by molar-refractivity contribution is 7.90. The van der Waals surface area contributed by atoms with Gasteiger partial charge in [-0.05, 0) is 41.3 Å². The molecule has 0 aliphatic rings. The fourth-order valence-electron chi connectivity index (χ4n) is 3.88. The average molecular weight is 475 g/mol. The van der Waals surface area contributed by atoms with Crippen molar-refractivity contribution in [2.24, 2.45) is 0 Å². The van der Waals surface area contributed by atoms with E-state index < -0.39 is 10.0 Å². The van der Waals surface area contributed by atoms with Crippen LogP contribution in [0.2, 0.25) is 5.02 Å². The number of fused-ring (bicyclic) bond motifs is 1. The van der Waals surface area contributed by atoms with Crippen LogP contribution in [-0.4, -0.2) is 12.4 Å². The Morgan fingerprint density at radius 2 is 1.56 bits per heavy atom. The monoisotopic (exact) mass is 474 g/mol. The van der Waals surface area contributed by atoms with Crippen LogP contribution in [0.3, 0.4) is 0 Å². The van der Waals surface area contributed by atoms with Gasteiger partial charge in [0.05, 0.1) is 22.7 Å². The smallest absolute Gasteiger partial charge is 0.233 e. The molecule has 3 aromatic carbocycles. The molecule has 0 fully saturated rings. The predicted octanol–water partition coefficient (Wildman–Crippen LogP) is 7.48. The van der Waals surface area contributed by atoms with Gasteiger partial charge in [-0.25, -0.2) is 17.2 Å². The molecule has 0 saturated heterocycles. The molecule has 4 nitrogen and oxygen atoms in total. The highest BCUT2D eigenvalue weighted by atomic mass is 35.5. The number of thiophene rings is 1. The maximum Gasteiger partial charge on any atom is 0.268 e. The Morgan fingerprint density at radius 1 is 0.875 bits per heavy atom. The van der Waals surface area contributed by atoms with Gasteiger partial charge in [0.15, 0.2) is 0 Å². The van der Waals surface area contributed by atoms with Crippen LogP contribution >= 0.6 is 22.9 Å². The lowest BCUT2D eigenvalue weighted by Gasteiger charge is -2.14. The molecule has 156 valence electrons. The van der Waals surface area contributed by atoms with Crippen LogP contribution in [0.25, 0.3) is 38.1 Å². The summed E-state index contributed by atoms with van der Waals surface area (Å²) in [6.45, 7) is 7.62. The molecule has 0 saturated carbocycles. The first kappa shape index (κ1) is 20.5. The van der Waals surface area contributed by atoms with Gasteiger partial charge in [-0.1, -0.05) is 66.2 Å². The zero-order chi connectivity index (χ0) is 22.3. The topological polar surface area (TPSA) is 43.4 Å². The van der Waals surface area contributed by atoms with E-state index in [-0.39, 0.29) is 4.90 Å². The Hall–Kier alpha value is -3.37. The lowest BCUT2D eigenvalue weighted by molar-refractivity contribution is 0.589. The molecule has 7 heteroatoms. The molecule has 0 atom stereocenters. The second-order valence-corrected chi connectivity index (χ2v) is 10.2. The van der Waals surface area contributed by atoms with Crippen LogP contribution in [0.4, 0.5) is 5.00 Å². The molecule has 0 amide bonds. The fraction of sp³-hybridized carbons (Fsp3) is 0. The standard InChI is InChI=1S/C25H15ClN2O2S2/c1-27-25-21(15-16-31-25)23-20-9-5-6-10-22(20)28(24(23)17-7-3-2-4-8-17)32(29,30)19-13-11-18(26)12-14-19/h2-16H. The average Bonchev–Trinajstić information content (AvgIpc) is 3.42. The summed E-state index contributed by atoms with van der Waals surface area (Å²) in [7, 11) is -3.97. The SMILES string of the molecule is [C-]#[N+]c1sccc1-c1c(-c2ccccc2)n(S(=O)(=O)c2ccc(Cl)cc2)c2ccccc12. The summed E-state index contributed by atoms with van der Waals surface area (Å²) in [5.41, 5.74) is 3.29. The van der Waals surface area contributed by atoms with E-state index in [2.05, 4.69) is 4.85 Å². The van der Waals surface area contributed by atoms with Gasteiger partial charge in [-0.15, -0.1) is 0 Å². The highest BCUT2D eigenvalue weighted by Crippen LogP contribution is 2.47. The number of aromatic nitrogens is 1. The van der Waals surface area contributed by atoms with Crippen LogP contribution in [0.15, 0.2) is 95.2 Å². The minimum Gasteiger partial charge on any atom is -0.233 e. The fourth-order valence-corrected chi connectivity index (χ4v) is 6.24. The van der Waals surface area contributed by atoms with Crippen molar-refractivity contribution >= 4 is 48.9 Å². The summed E-state index contributed by atoms with van der Waals surface area (Å²) in [5, 5.41) is 3.61. The zero-order valence-corrected chi connectivity index (χ0v) is 19.0. The minimum atomic E-state index is -3.97. The van der Waals surface area contributed by atoms with Crippen molar-refractivity contribution in [2.75, 3.05) is 0 Å². The first-order valence-electron chi connectivity index (χ1n) is 9.67. The lowest BCUT2D eigenvalue weighted by atomic mass is 10.00. The Labute approximate surface area is 194 Å². The van der Waals surface area contributed by atoms with E-state index in [0.717, 1.165) is 22.1 Å². The number of rotatable bonds is 4. The molecule has 5 aromatic rings. The van der Waals surface area contributed by atoms with Gasteiger partial charge in [0.2, 0.25) is 5.00 Å². The van der Waals surface area contributed by atoms with E-state index >= 15 is 0 Å². The molecule has 32 heavy (non-hydrogen) atoms. The van der Waals surface area contributed by atoms with Crippen molar-refractivity contribution in [3.63, 3.8) is 0 Å². The van der Waals surface area contributed by atoms with E-state index in [1.807, 2.05) is 60.0 Å². The summed E-state index contributed by atoms with van der Waals surface area (Å²) in [6, 6.07) is 24.8. The first-order valence-corrected chi connectivity index (χ1v) is 12.4. The predicted molar refractivity (Wildman–Crippen MR) is 131 cm³/mol. The number of nitrogens with zero attached hydrogens (tertiary/aromatic N) is 2. The zero-order valence-electron chi connectivity index (χ0n) is 16.6. The second kappa shape index (κ2) is 7.95. The molecule has 0 N–H and O–H groups in total. The maximum absolute atomic E-state index is 14.0. The van der Waals surface area contributed by atoms with Crippen LogP contribution < -0.4 is 0 Å². The van der Waals surface area contributed by atoms with Crippen LogP contribution in [0.5, 0.6) is 0 Å². The molecule has 5 rings (SSSR count). The summed E-state index contributed by atoms with van der Waals surface area (Å²) in [4.78, 5) is 3.82. The molecule has 0 radical (unpaired) electrons. The van der Waals surface area contributed by atoms with Crippen LogP contribution in [-0.2, 0) is 10.0 Å². The summed E-state index contributed by atoms with van der Waals surface area (Å²) in [6.07, 6.45) is 0. The maximum atomic E-state index is 14.0. The Morgan fingerprint density at radius 3 is 2.28 bits per heavy atom. The van der Waals surface area contributed by atoms with E-state index in [4.69, 9.17) is 18.2 Å². The van der Waals surface area contributed by atoms with Gasteiger partial charge in [0, 0.05) is 21.5 Å². The minimum absolute atomic E-state index is 0.141. The largest absolute Gasteiger partial charge is 0.268 e. The Bertz CT molecular complexity index is 1590. The third-order valence-corrected chi connectivity index (χ3v) is 8.03. The second-order valence-electron chi connectivity index (χ2n) is 7.08. The van der Waals surface area contributed by atoms with Crippen molar-refractivity contribution in [1.82, 2.24) is 3.97 Å². The van der Waals surface area contributed by atoms with Gasteiger partial charge in [-0.3, -0.25) is 0 Å². The van der Waals surface area contributed by atoms with Crippen LogP contribution in [0.1, 0.15) is 0 Å². The summed E-state index contributed by atoms with van der Waals surface area (Å²) >= 11 is 7.35. The van der Waals surface area contributed by atoms with Crippen molar-refractivity contribution in [1.29, 1.82) is 0 Å². The molecule has 0 aliphatic heterocycles. The number of para-hydroxylation sites is 1. The van der Waals surface area contributed by atoms with Gasteiger partial charge in [0.25, 0.3) is 10.0 Å². The number of benzene rings is 3. The normalized spacial score (nSPS) is 11.5. The number of halogens is 1. The van der Waals surface area contributed by atoms with Crippen molar-refractivity contribution < 1.29 is 8.42 Å². The Kier molecular flexibility index (Phi) is 5.10. The summed E-state index contributed by atoms with van der Waals surface area (Å²) in [5.74, 6) is 0. The van der Waals surface area contributed by atoms with E-state index in [9.17, 15) is 8.42 Å². The van der Waals surface area contributed by atoms with Gasteiger partial charge >= 0.3 is 0 Å². The van der Waals surface area contributed by atoms with Gasteiger partial charge in [0.1, 0.15) is 0 Å². The first-order chi connectivity index (χ1) is 15.5. The third kappa shape index (κ3) is 3.23. The number of hydrogen-bond donors (Lipinski definition) is 0. The quantitative estimate of drug-likeness (QED) is 0.253. The molecule has 0 bridgehead atoms. The van der Waals surface area contributed by atoms with Crippen molar-refractivity contribution in [3.05, 3.63) is 107 Å². The number of hydrogen-bond acceptors (Lipinski definition) is 3. The van der Waals surface area contributed by atoms with E-state index in [1.54, 1.807) is 18.2 Å². The van der Waals surface area contributed by atoms with Crippen molar-refractivity contribution in [2.45, 2.75) is 4.90 Å². The molecule has 2 heterocycles. The third-order valence-electron chi connectivity index (χ3n) is 5.25. The van der Waals surface area contributed by atoms with Gasteiger partial charge in [-0.2, -0.15) is 11.3 Å². The molecular formula is C25H15ClN2O2S2.